The van der Waals surface area contributed by atoms with Crippen LogP contribution in [0.15, 0.2) is 48.8 Å². The first kappa shape index (κ1) is 16.7. The van der Waals surface area contributed by atoms with E-state index < -0.39 is 0 Å². The number of aryl methyl sites for hydroxylation is 1. The summed E-state index contributed by atoms with van der Waals surface area (Å²) in [5.41, 5.74) is 3.98. The van der Waals surface area contributed by atoms with Gasteiger partial charge in [0.2, 0.25) is 5.95 Å². The van der Waals surface area contributed by atoms with Gasteiger partial charge in [0.05, 0.1) is 17.1 Å². The molecule has 0 N–H and O–H groups in total. The number of piperazine rings is 1. The van der Waals surface area contributed by atoms with Crippen molar-refractivity contribution in [1.29, 1.82) is 0 Å². The molecule has 3 aromatic rings. The molecule has 1 saturated heterocycles. The third kappa shape index (κ3) is 3.32. The van der Waals surface area contributed by atoms with Gasteiger partial charge in [-0.3, -0.25) is 0 Å². The van der Waals surface area contributed by atoms with Gasteiger partial charge in [-0.25, -0.2) is 14.6 Å². The van der Waals surface area contributed by atoms with Crippen molar-refractivity contribution < 1.29 is 0 Å². The molecule has 0 radical (unpaired) electrons. The van der Waals surface area contributed by atoms with Gasteiger partial charge in [-0.15, -0.1) is 0 Å². The number of hydrogen-bond acceptors (Lipinski definition) is 5. The van der Waals surface area contributed by atoms with E-state index in [-0.39, 0.29) is 0 Å². The Bertz CT molecular complexity index is 865. The van der Waals surface area contributed by atoms with Gasteiger partial charge in [-0.05, 0) is 31.7 Å². The van der Waals surface area contributed by atoms with Crippen molar-refractivity contribution in [2.75, 3.05) is 37.6 Å². The Balaban J connectivity index is 1.60. The predicted molar refractivity (Wildman–Crippen MR) is 104 cm³/mol. The molecule has 6 heteroatoms. The molecule has 6 nitrogen and oxygen atoms in total. The van der Waals surface area contributed by atoms with Crippen molar-refractivity contribution in [3.8, 4) is 16.9 Å². The summed E-state index contributed by atoms with van der Waals surface area (Å²) >= 11 is 0. The van der Waals surface area contributed by atoms with Crippen LogP contribution in [0.2, 0.25) is 0 Å². The lowest BCUT2D eigenvalue weighted by molar-refractivity contribution is 0.270. The van der Waals surface area contributed by atoms with Crippen LogP contribution in [0.25, 0.3) is 16.9 Å². The van der Waals surface area contributed by atoms with E-state index in [1.54, 1.807) is 0 Å². The molecule has 134 valence electrons. The van der Waals surface area contributed by atoms with Gasteiger partial charge >= 0.3 is 0 Å². The minimum Gasteiger partial charge on any atom is -0.338 e. The van der Waals surface area contributed by atoms with Crippen LogP contribution >= 0.6 is 0 Å². The molecule has 1 aromatic carbocycles. The molecule has 1 aliphatic rings. The zero-order valence-electron chi connectivity index (χ0n) is 15.3. The maximum atomic E-state index is 4.83. The molecule has 1 fully saturated rings. The number of aromatic nitrogens is 4. The van der Waals surface area contributed by atoms with E-state index in [9.17, 15) is 0 Å². The van der Waals surface area contributed by atoms with E-state index in [0.717, 1.165) is 61.3 Å². The van der Waals surface area contributed by atoms with Crippen LogP contribution in [-0.2, 0) is 0 Å². The highest BCUT2D eigenvalue weighted by atomic mass is 15.3. The average molecular weight is 348 g/mol. The fourth-order valence-electron chi connectivity index (χ4n) is 3.34. The smallest absolute Gasteiger partial charge is 0.225 e. The van der Waals surface area contributed by atoms with E-state index >= 15 is 0 Å². The molecule has 0 bridgehead atoms. The highest BCUT2D eigenvalue weighted by Crippen LogP contribution is 2.24. The van der Waals surface area contributed by atoms with E-state index in [1.165, 1.54) is 0 Å². The lowest BCUT2D eigenvalue weighted by Crippen LogP contribution is -2.46. The first-order chi connectivity index (χ1) is 12.7. The van der Waals surface area contributed by atoms with E-state index in [4.69, 9.17) is 4.98 Å². The normalized spacial score (nSPS) is 15.4. The standard InChI is InChI=1S/C20H24N6/c1-3-24-11-13-25(14-12-24)20-21-10-9-19(22-20)18-15-26(23-16(18)2)17-7-5-4-6-8-17/h4-10,15H,3,11-14H2,1-2H3. The van der Waals surface area contributed by atoms with Crippen LogP contribution in [-0.4, -0.2) is 57.4 Å². The number of nitrogens with zero attached hydrogens (tertiary/aromatic N) is 6. The van der Waals surface area contributed by atoms with Crippen molar-refractivity contribution in [2.24, 2.45) is 0 Å². The monoisotopic (exact) mass is 348 g/mol. The molecule has 26 heavy (non-hydrogen) atoms. The fourth-order valence-corrected chi connectivity index (χ4v) is 3.34. The summed E-state index contributed by atoms with van der Waals surface area (Å²) in [6, 6.07) is 12.1. The number of benzene rings is 1. The fraction of sp³-hybridized carbons (Fsp3) is 0.350. The number of anilines is 1. The highest BCUT2D eigenvalue weighted by molar-refractivity contribution is 5.62. The Hall–Kier alpha value is -2.73. The summed E-state index contributed by atoms with van der Waals surface area (Å²) in [5, 5.41) is 4.66. The third-order valence-corrected chi connectivity index (χ3v) is 4.94. The van der Waals surface area contributed by atoms with Crippen LogP contribution in [0, 0.1) is 6.92 Å². The maximum absolute atomic E-state index is 4.83. The van der Waals surface area contributed by atoms with Crippen LogP contribution in [0.1, 0.15) is 12.6 Å². The van der Waals surface area contributed by atoms with Crippen LogP contribution in [0.3, 0.4) is 0 Å². The Kier molecular flexibility index (Phi) is 4.67. The molecule has 0 amide bonds. The second kappa shape index (κ2) is 7.25. The molecule has 2 aromatic heterocycles. The predicted octanol–water partition coefficient (Wildman–Crippen LogP) is 2.78. The second-order valence-corrected chi connectivity index (χ2v) is 6.57. The zero-order chi connectivity index (χ0) is 17.9. The van der Waals surface area contributed by atoms with Crippen molar-refractivity contribution in [3.63, 3.8) is 0 Å². The average Bonchev–Trinajstić information content (AvgIpc) is 3.10. The zero-order valence-corrected chi connectivity index (χ0v) is 15.3. The van der Waals surface area contributed by atoms with Gasteiger partial charge in [-0.2, -0.15) is 5.10 Å². The Morgan fingerprint density at radius 2 is 1.77 bits per heavy atom. The Morgan fingerprint density at radius 3 is 2.50 bits per heavy atom. The molecule has 0 spiro atoms. The van der Waals surface area contributed by atoms with Gasteiger partial charge in [0.25, 0.3) is 0 Å². The minimum absolute atomic E-state index is 0.810. The van der Waals surface area contributed by atoms with Crippen LogP contribution in [0.5, 0.6) is 0 Å². The van der Waals surface area contributed by atoms with Gasteiger partial charge in [0, 0.05) is 44.1 Å². The molecule has 0 atom stereocenters. The van der Waals surface area contributed by atoms with Crippen molar-refractivity contribution in [3.05, 3.63) is 54.5 Å². The summed E-state index contributed by atoms with van der Waals surface area (Å²) in [6.45, 7) is 9.41. The third-order valence-electron chi connectivity index (χ3n) is 4.94. The summed E-state index contributed by atoms with van der Waals surface area (Å²) < 4.78 is 1.91. The van der Waals surface area contributed by atoms with Gasteiger partial charge in [0.15, 0.2) is 0 Å². The largest absolute Gasteiger partial charge is 0.338 e. The number of likely N-dealkylation sites (N-methyl/N-ethyl adjacent to an activating group) is 1. The van der Waals surface area contributed by atoms with Crippen molar-refractivity contribution in [1.82, 2.24) is 24.6 Å². The number of hydrogen-bond donors (Lipinski definition) is 0. The minimum atomic E-state index is 0.810. The van der Waals surface area contributed by atoms with Crippen molar-refractivity contribution in [2.45, 2.75) is 13.8 Å². The van der Waals surface area contributed by atoms with Gasteiger partial charge in [0.1, 0.15) is 0 Å². The summed E-state index contributed by atoms with van der Waals surface area (Å²) in [6.07, 6.45) is 3.90. The van der Waals surface area contributed by atoms with E-state index in [1.807, 2.05) is 48.3 Å². The quantitative estimate of drug-likeness (QED) is 0.726. The second-order valence-electron chi connectivity index (χ2n) is 6.57. The first-order valence-corrected chi connectivity index (χ1v) is 9.17. The number of para-hydroxylation sites is 1. The van der Waals surface area contributed by atoms with Gasteiger partial charge in [-0.1, -0.05) is 25.1 Å². The first-order valence-electron chi connectivity index (χ1n) is 9.17. The summed E-state index contributed by atoms with van der Waals surface area (Å²) in [4.78, 5) is 14.1. The van der Waals surface area contributed by atoms with E-state index in [0.29, 0.717) is 0 Å². The number of rotatable bonds is 4. The van der Waals surface area contributed by atoms with Crippen LogP contribution in [0.4, 0.5) is 5.95 Å². The Labute approximate surface area is 154 Å². The lowest BCUT2D eigenvalue weighted by atomic mass is 10.2. The van der Waals surface area contributed by atoms with E-state index in [2.05, 4.69) is 38.9 Å². The molecular weight excluding hydrogens is 324 g/mol. The molecule has 3 heterocycles. The van der Waals surface area contributed by atoms with Crippen LogP contribution < -0.4 is 4.90 Å². The molecule has 0 saturated carbocycles. The molecule has 0 aliphatic carbocycles. The highest BCUT2D eigenvalue weighted by Gasteiger charge is 2.19. The SMILES string of the molecule is CCN1CCN(c2nccc(-c3cn(-c4ccccc4)nc3C)n2)CC1. The molecule has 1 aliphatic heterocycles. The molecule has 0 unspecified atom stereocenters. The molecule has 4 rings (SSSR count). The van der Waals surface area contributed by atoms with Gasteiger partial charge < -0.3 is 9.80 Å². The maximum Gasteiger partial charge on any atom is 0.225 e. The molecular formula is C20H24N6. The topological polar surface area (TPSA) is 50.1 Å². The van der Waals surface area contributed by atoms with Crippen molar-refractivity contribution >= 4 is 5.95 Å². The summed E-state index contributed by atoms with van der Waals surface area (Å²) in [5.74, 6) is 0.810. The lowest BCUT2D eigenvalue weighted by Gasteiger charge is -2.34. The Morgan fingerprint density at radius 1 is 1.00 bits per heavy atom. The summed E-state index contributed by atoms with van der Waals surface area (Å²) in [7, 11) is 0.